The molecule has 0 aliphatic heterocycles. The predicted octanol–water partition coefficient (Wildman–Crippen LogP) is 3.66. The second-order valence-electron chi connectivity index (χ2n) is 4.89. The maximum absolute atomic E-state index is 11.9. The molecule has 0 spiro atoms. The largest absolute Gasteiger partial charge is 0.351 e. The van der Waals surface area contributed by atoms with E-state index in [4.69, 9.17) is 5.26 Å². The lowest BCUT2D eigenvalue weighted by atomic mass is 10.1. The molecule has 0 atom stereocenters. The minimum absolute atomic E-state index is 0.140. The number of nitrogens with one attached hydrogen (secondary N) is 1. The second-order valence-corrected chi connectivity index (χ2v) is 4.89. The molecular formula is C18H18N2O. The number of hydrogen-bond acceptors (Lipinski definition) is 2. The van der Waals surface area contributed by atoms with Crippen molar-refractivity contribution in [2.24, 2.45) is 0 Å². The van der Waals surface area contributed by atoms with Crippen LogP contribution in [0.25, 0.3) is 16.8 Å². The molecule has 106 valence electrons. The Balaban J connectivity index is 2.21. The molecule has 3 heteroatoms. The molecule has 0 saturated heterocycles. The van der Waals surface area contributed by atoms with Gasteiger partial charge in [-0.2, -0.15) is 5.26 Å². The smallest absolute Gasteiger partial charge is 0.261 e. The van der Waals surface area contributed by atoms with Gasteiger partial charge < -0.3 is 5.32 Å². The monoisotopic (exact) mass is 278 g/mol. The third kappa shape index (κ3) is 3.93. The number of nitrogens with zero attached hydrogens (tertiary/aromatic N) is 1. The number of unbranched alkanes of at least 4 members (excludes halogenated alkanes) is 1. The van der Waals surface area contributed by atoms with E-state index in [1.807, 2.05) is 48.5 Å². The van der Waals surface area contributed by atoms with Gasteiger partial charge in [0.05, 0.1) is 0 Å². The van der Waals surface area contributed by atoms with Gasteiger partial charge in [-0.25, -0.2) is 0 Å². The highest BCUT2D eigenvalue weighted by Crippen LogP contribution is 2.17. The van der Waals surface area contributed by atoms with Gasteiger partial charge in [0.2, 0.25) is 0 Å². The van der Waals surface area contributed by atoms with Crippen molar-refractivity contribution < 1.29 is 4.79 Å². The zero-order valence-electron chi connectivity index (χ0n) is 12.1. The topological polar surface area (TPSA) is 52.9 Å². The fraction of sp³-hybridized carbons (Fsp3) is 0.222. The SMILES string of the molecule is CCCCNC(=O)C(C#N)=Cc1ccc2ccccc2c1. The van der Waals surface area contributed by atoms with Crippen LogP contribution in [0.4, 0.5) is 0 Å². The maximum atomic E-state index is 11.9. The van der Waals surface area contributed by atoms with E-state index in [0.29, 0.717) is 6.54 Å². The fourth-order valence-corrected chi connectivity index (χ4v) is 2.09. The summed E-state index contributed by atoms with van der Waals surface area (Å²) < 4.78 is 0. The minimum atomic E-state index is -0.306. The Morgan fingerprint density at radius 1 is 1.24 bits per heavy atom. The van der Waals surface area contributed by atoms with Crippen molar-refractivity contribution in [3.05, 3.63) is 53.6 Å². The van der Waals surface area contributed by atoms with Crippen molar-refractivity contribution in [3.8, 4) is 6.07 Å². The summed E-state index contributed by atoms with van der Waals surface area (Å²) in [5, 5.41) is 14.1. The lowest BCUT2D eigenvalue weighted by Crippen LogP contribution is -2.25. The molecule has 1 N–H and O–H groups in total. The summed E-state index contributed by atoms with van der Waals surface area (Å²) in [5.74, 6) is -0.306. The van der Waals surface area contributed by atoms with Crippen LogP contribution in [0.5, 0.6) is 0 Å². The van der Waals surface area contributed by atoms with Crippen molar-refractivity contribution in [3.63, 3.8) is 0 Å². The maximum Gasteiger partial charge on any atom is 0.261 e. The summed E-state index contributed by atoms with van der Waals surface area (Å²) in [6.45, 7) is 2.66. The number of hydrogen-bond donors (Lipinski definition) is 1. The molecule has 0 unspecified atom stereocenters. The lowest BCUT2D eigenvalue weighted by Gasteiger charge is -2.03. The highest BCUT2D eigenvalue weighted by atomic mass is 16.1. The molecule has 3 nitrogen and oxygen atoms in total. The van der Waals surface area contributed by atoms with Crippen molar-refractivity contribution in [1.82, 2.24) is 5.32 Å². The Morgan fingerprint density at radius 3 is 2.71 bits per heavy atom. The summed E-state index contributed by atoms with van der Waals surface area (Å²) >= 11 is 0. The number of amides is 1. The van der Waals surface area contributed by atoms with Gasteiger partial charge in [-0.05, 0) is 34.9 Å². The van der Waals surface area contributed by atoms with E-state index >= 15 is 0 Å². The Labute approximate surface area is 124 Å². The third-order valence-electron chi connectivity index (χ3n) is 3.27. The normalized spacial score (nSPS) is 11.1. The van der Waals surface area contributed by atoms with Crippen LogP contribution in [0, 0.1) is 11.3 Å². The highest BCUT2D eigenvalue weighted by Gasteiger charge is 2.08. The van der Waals surface area contributed by atoms with Crippen LogP contribution in [-0.2, 0) is 4.79 Å². The molecule has 0 saturated carbocycles. The average Bonchev–Trinajstić information content (AvgIpc) is 2.52. The number of carbonyl (C=O) groups is 1. The summed E-state index contributed by atoms with van der Waals surface area (Å²) in [6, 6.07) is 15.9. The molecule has 0 aliphatic carbocycles. The van der Waals surface area contributed by atoms with Crippen LogP contribution in [-0.4, -0.2) is 12.5 Å². The number of nitriles is 1. The van der Waals surface area contributed by atoms with Gasteiger partial charge in [-0.1, -0.05) is 49.7 Å². The van der Waals surface area contributed by atoms with Crippen molar-refractivity contribution in [1.29, 1.82) is 5.26 Å². The molecule has 0 heterocycles. The van der Waals surface area contributed by atoms with Crippen LogP contribution >= 0.6 is 0 Å². The highest BCUT2D eigenvalue weighted by molar-refractivity contribution is 6.02. The van der Waals surface area contributed by atoms with Gasteiger partial charge in [0, 0.05) is 6.54 Å². The van der Waals surface area contributed by atoms with Gasteiger partial charge in [-0.3, -0.25) is 4.79 Å². The van der Waals surface area contributed by atoms with Gasteiger partial charge in [-0.15, -0.1) is 0 Å². The molecule has 0 aliphatic rings. The van der Waals surface area contributed by atoms with E-state index in [-0.39, 0.29) is 11.5 Å². The molecular weight excluding hydrogens is 260 g/mol. The third-order valence-corrected chi connectivity index (χ3v) is 3.27. The van der Waals surface area contributed by atoms with E-state index in [2.05, 4.69) is 12.2 Å². The second kappa shape index (κ2) is 7.25. The van der Waals surface area contributed by atoms with Crippen molar-refractivity contribution in [2.75, 3.05) is 6.54 Å². The van der Waals surface area contributed by atoms with Crippen LogP contribution in [0.3, 0.4) is 0 Å². The zero-order valence-corrected chi connectivity index (χ0v) is 12.1. The van der Waals surface area contributed by atoms with Crippen LogP contribution in [0.1, 0.15) is 25.3 Å². The molecule has 2 aromatic carbocycles. The van der Waals surface area contributed by atoms with E-state index in [1.165, 1.54) is 0 Å². The fourth-order valence-electron chi connectivity index (χ4n) is 2.09. The van der Waals surface area contributed by atoms with E-state index in [0.717, 1.165) is 29.2 Å². The first kappa shape index (κ1) is 14.8. The Kier molecular flexibility index (Phi) is 5.11. The Hall–Kier alpha value is -2.60. The number of benzene rings is 2. The van der Waals surface area contributed by atoms with Crippen LogP contribution in [0.15, 0.2) is 48.0 Å². The summed E-state index contributed by atoms with van der Waals surface area (Å²) in [7, 11) is 0. The Bertz CT molecular complexity index is 710. The van der Waals surface area contributed by atoms with E-state index in [1.54, 1.807) is 6.08 Å². The molecule has 0 bridgehead atoms. The summed E-state index contributed by atoms with van der Waals surface area (Å²) in [5.41, 5.74) is 0.997. The van der Waals surface area contributed by atoms with Gasteiger partial charge in [0.1, 0.15) is 11.6 Å². The van der Waals surface area contributed by atoms with Crippen LogP contribution < -0.4 is 5.32 Å². The molecule has 0 radical (unpaired) electrons. The molecule has 0 fully saturated rings. The number of rotatable bonds is 5. The summed E-state index contributed by atoms with van der Waals surface area (Å²) in [4.78, 5) is 11.9. The van der Waals surface area contributed by atoms with Gasteiger partial charge >= 0.3 is 0 Å². The zero-order chi connectivity index (χ0) is 15.1. The molecule has 1 amide bonds. The number of carbonyl (C=O) groups excluding carboxylic acids is 1. The molecule has 21 heavy (non-hydrogen) atoms. The van der Waals surface area contributed by atoms with Crippen LogP contribution in [0.2, 0.25) is 0 Å². The number of fused-ring (bicyclic) bond motifs is 1. The Morgan fingerprint density at radius 2 is 2.00 bits per heavy atom. The minimum Gasteiger partial charge on any atom is -0.351 e. The quantitative estimate of drug-likeness (QED) is 0.515. The van der Waals surface area contributed by atoms with E-state index in [9.17, 15) is 4.79 Å². The molecule has 2 rings (SSSR count). The van der Waals surface area contributed by atoms with Gasteiger partial charge in [0.15, 0.2) is 0 Å². The molecule has 0 aromatic heterocycles. The van der Waals surface area contributed by atoms with Crippen molar-refractivity contribution in [2.45, 2.75) is 19.8 Å². The average molecular weight is 278 g/mol. The first-order valence-corrected chi connectivity index (χ1v) is 7.13. The first-order chi connectivity index (χ1) is 10.2. The lowest BCUT2D eigenvalue weighted by molar-refractivity contribution is -0.117. The standard InChI is InChI=1S/C18H18N2O/c1-2-3-10-20-18(21)17(13-19)12-14-8-9-15-6-4-5-7-16(15)11-14/h4-9,11-12H,2-3,10H2,1H3,(H,20,21). The first-order valence-electron chi connectivity index (χ1n) is 7.13. The molecule has 2 aromatic rings. The predicted molar refractivity (Wildman–Crippen MR) is 85.5 cm³/mol. The summed E-state index contributed by atoms with van der Waals surface area (Å²) in [6.07, 6.45) is 3.56. The van der Waals surface area contributed by atoms with E-state index < -0.39 is 0 Å². The van der Waals surface area contributed by atoms with Gasteiger partial charge in [0.25, 0.3) is 5.91 Å². The van der Waals surface area contributed by atoms with Crippen molar-refractivity contribution >= 4 is 22.8 Å².